The predicted molar refractivity (Wildman–Crippen MR) is 115 cm³/mol. The summed E-state index contributed by atoms with van der Waals surface area (Å²) in [5.74, 6) is -3.49. The first-order valence-electron chi connectivity index (χ1n) is 8.53. The molecule has 5 heteroatoms. The Morgan fingerprint density at radius 2 is 1.33 bits per heavy atom. The molecule has 0 unspecified atom stereocenters. The zero-order valence-electron chi connectivity index (χ0n) is 15.6. The van der Waals surface area contributed by atoms with E-state index >= 15 is 0 Å². The fraction of sp³-hybridized carbons (Fsp3) is 0.136. The van der Waals surface area contributed by atoms with Gasteiger partial charge in [-0.15, -0.1) is 0 Å². The first kappa shape index (κ1) is 19.4. The molecule has 0 N–H and O–H groups in total. The molecule has 27 heavy (non-hydrogen) atoms. The molecule has 3 nitrogen and oxygen atoms in total. The minimum absolute atomic E-state index is 0.366. The second-order valence-electron chi connectivity index (χ2n) is 6.45. The number of benzene rings is 3. The van der Waals surface area contributed by atoms with E-state index in [2.05, 4.69) is 0 Å². The molecule has 3 rings (SSSR count). The van der Waals surface area contributed by atoms with Gasteiger partial charge in [0.25, 0.3) is 0 Å². The number of halogens is 1. The Balaban J connectivity index is 2.47. The van der Waals surface area contributed by atoms with Crippen LogP contribution in [0, 0.1) is 0 Å². The molecule has 0 aromatic heterocycles. The first-order chi connectivity index (χ1) is 12.9. The summed E-state index contributed by atoms with van der Waals surface area (Å²) < 4.78 is 10.6. The Hall–Kier alpha value is -2.35. The topological polar surface area (TPSA) is 35.5 Å². The van der Waals surface area contributed by atoms with E-state index in [4.69, 9.17) is 20.7 Å². The second-order valence-corrected chi connectivity index (χ2v) is 13.4. The summed E-state index contributed by atoms with van der Waals surface area (Å²) in [5.41, 5.74) is 0.366. The summed E-state index contributed by atoms with van der Waals surface area (Å²) in [5, 5.41) is 2.66. The van der Waals surface area contributed by atoms with Gasteiger partial charge in [-0.2, -0.15) is 0 Å². The number of hydrogen-bond donors (Lipinski definition) is 0. The van der Waals surface area contributed by atoms with E-state index in [0.29, 0.717) is 11.3 Å². The molecule has 3 aromatic rings. The number of carbonyl (C=O) groups is 1. The Bertz CT molecular complexity index is 912. The van der Waals surface area contributed by atoms with Gasteiger partial charge in [0.1, 0.15) is 0 Å². The van der Waals surface area contributed by atoms with Crippen LogP contribution in [-0.2, 0) is 4.74 Å². The average Bonchev–Trinajstić information content (AvgIpc) is 2.74. The van der Waals surface area contributed by atoms with Gasteiger partial charge >= 0.3 is 164 Å². The van der Waals surface area contributed by atoms with Crippen molar-refractivity contribution in [1.29, 1.82) is 0 Å². The van der Waals surface area contributed by atoms with Crippen LogP contribution in [0.4, 0.5) is 0 Å². The molecule has 0 saturated carbocycles. The van der Waals surface area contributed by atoms with E-state index in [-0.39, 0.29) is 0 Å². The van der Waals surface area contributed by atoms with Gasteiger partial charge < -0.3 is 0 Å². The van der Waals surface area contributed by atoms with Gasteiger partial charge in [-0.3, -0.25) is 0 Å². The van der Waals surface area contributed by atoms with Gasteiger partial charge in [0.2, 0.25) is 0 Å². The van der Waals surface area contributed by atoms with E-state index in [1.807, 2.05) is 79.5 Å². The van der Waals surface area contributed by atoms with E-state index in [9.17, 15) is 4.79 Å². The van der Waals surface area contributed by atoms with Gasteiger partial charge in [0.15, 0.2) is 0 Å². The van der Waals surface area contributed by atoms with Gasteiger partial charge in [-0.25, -0.2) is 0 Å². The normalized spacial score (nSPS) is 12.7. The fourth-order valence-electron chi connectivity index (χ4n) is 3.43. The molecule has 0 aliphatic carbocycles. The first-order valence-corrected chi connectivity index (χ1v) is 12.1. The van der Waals surface area contributed by atoms with Crippen molar-refractivity contribution in [1.82, 2.24) is 0 Å². The molecule has 0 fully saturated rings. The van der Waals surface area contributed by atoms with Crippen molar-refractivity contribution >= 4 is 39.1 Å². The quantitative estimate of drug-likeness (QED) is 0.478. The van der Waals surface area contributed by atoms with Crippen LogP contribution in [0.1, 0.15) is 10.4 Å². The van der Waals surface area contributed by atoms with Crippen LogP contribution in [0.5, 0.6) is 5.75 Å². The third-order valence-corrected chi connectivity index (χ3v) is 11.2. The Labute approximate surface area is 164 Å². The van der Waals surface area contributed by atoms with Crippen LogP contribution in [0.2, 0.25) is 0 Å². The van der Waals surface area contributed by atoms with Gasteiger partial charge in [0, 0.05) is 0 Å². The van der Waals surface area contributed by atoms with E-state index < -0.39 is 11.9 Å². The van der Waals surface area contributed by atoms with Crippen LogP contribution in [-0.4, -0.2) is 26.9 Å². The van der Waals surface area contributed by atoms with Crippen molar-refractivity contribution < 1.29 is 14.3 Å². The van der Waals surface area contributed by atoms with E-state index in [1.54, 1.807) is 6.07 Å². The van der Waals surface area contributed by atoms with Crippen molar-refractivity contribution in [2.45, 2.75) is 0 Å². The van der Waals surface area contributed by atoms with Crippen LogP contribution >= 0.6 is 17.2 Å². The van der Waals surface area contributed by atoms with Crippen LogP contribution in [0.3, 0.4) is 0 Å². The number of rotatable bonds is 5. The third kappa shape index (κ3) is 3.12. The molecule has 0 aliphatic heterocycles. The van der Waals surface area contributed by atoms with Gasteiger partial charge in [-0.05, 0) is 0 Å². The van der Waals surface area contributed by atoms with Crippen molar-refractivity contribution in [2.75, 3.05) is 20.9 Å². The van der Waals surface area contributed by atoms with Crippen LogP contribution < -0.4 is 20.7 Å². The predicted octanol–water partition coefficient (Wildman–Crippen LogP) is 4.10. The number of esters is 1. The summed E-state index contributed by atoms with van der Waals surface area (Å²) in [4.78, 5) is 12.7. The Morgan fingerprint density at radius 3 is 1.78 bits per heavy atom. The zero-order valence-corrected chi connectivity index (χ0v) is 17.2. The van der Waals surface area contributed by atoms with Crippen molar-refractivity contribution in [3.05, 3.63) is 84.4 Å². The summed E-state index contributed by atoms with van der Waals surface area (Å²) in [6.07, 6.45) is 0. The van der Waals surface area contributed by atoms with Crippen molar-refractivity contribution in [3.8, 4) is 5.75 Å². The average molecular weight is 401 g/mol. The maximum absolute atomic E-state index is 12.7. The number of carbonyl (C=O) groups excluding carboxylic acids is 1. The van der Waals surface area contributed by atoms with Crippen molar-refractivity contribution in [2.24, 2.45) is 0 Å². The Kier molecular flexibility index (Phi) is 5.28. The molecular weight excluding hydrogens is 379 g/mol. The molecule has 3 aromatic carbocycles. The molecule has 140 valence electrons. The van der Waals surface area contributed by atoms with E-state index in [1.165, 1.54) is 14.2 Å². The molecule has 0 bridgehead atoms. The summed E-state index contributed by atoms with van der Waals surface area (Å²) in [7, 11) is 2.90. The van der Waals surface area contributed by atoms with Crippen LogP contribution in [0.25, 0.3) is 0 Å². The molecule has 0 saturated heterocycles. The number of methoxy groups -OCH3 is 2. The molecule has 0 radical (unpaired) electrons. The van der Waals surface area contributed by atoms with Gasteiger partial charge in [0.05, 0.1) is 0 Å². The third-order valence-electron chi connectivity index (χ3n) is 4.93. The van der Waals surface area contributed by atoms with Crippen LogP contribution in [0.15, 0.2) is 78.9 Å². The molecular formula is C22H22ClO3P. The van der Waals surface area contributed by atoms with Crippen molar-refractivity contribution in [3.63, 3.8) is 0 Å². The number of hydrogen-bond acceptors (Lipinski definition) is 3. The standard InChI is InChI=1S/C22H22ClO3P/c1-25-19-15-10-16-20(21(19)22(24)26-2)27(3,23,17-11-6-4-7-12-17)18-13-8-5-9-14-18/h4-16H,1-3H3. The summed E-state index contributed by atoms with van der Waals surface area (Å²) in [6.45, 7) is 2.04. The fourth-order valence-corrected chi connectivity index (χ4v) is 8.32. The number of ether oxygens (including phenoxy) is 2. The molecule has 0 aliphatic rings. The summed E-state index contributed by atoms with van der Waals surface area (Å²) in [6, 6.07) is 25.3. The minimum atomic E-state index is -3.47. The summed E-state index contributed by atoms with van der Waals surface area (Å²) >= 11 is 7.67. The zero-order chi connectivity index (χ0) is 19.5. The monoisotopic (exact) mass is 400 g/mol. The maximum atomic E-state index is 12.7. The molecule has 0 atom stereocenters. The van der Waals surface area contributed by atoms with Gasteiger partial charge in [-0.1, -0.05) is 0 Å². The molecule has 0 spiro atoms. The molecule has 0 amide bonds. The Morgan fingerprint density at radius 1 is 0.815 bits per heavy atom. The second kappa shape index (κ2) is 7.34. The molecule has 0 heterocycles. The SMILES string of the molecule is COC(=O)c1c(OC)cccc1P(C)(Cl)(c1ccccc1)c1ccccc1. The van der Waals surface area contributed by atoms with E-state index in [0.717, 1.165) is 15.9 Å².